The molecule has 1 unspecified atom stereocenters. The first-order chi connectivity index (χ1) is 7.86. The van der Waals surface area contributed by atoms with Gasteiger partial charge >= 0.3 is 0 Å². The lowest BCUT2D eigenvalue weighted by atomic mass is 9.81. The van der Waals surface area contributed by atoms with Gasteiger partial charge in [0.05, 0.1) is 6.10 Å². The van der Waals surface area contributed by atoms with Gasteiger partial charge in [0.15, 0.2) is 0 Å². The highest BCUT2D eigenvalue weighted by molar-refractivity contribution is 4.76. The highest BCUT2D eigenvalue weighted by atomic mass is 16.3. The van der Waals surface area contributed by atoms with Crippen molar-refractivity contribution >= 4 is 0 Å². The molecule has 0 amide bonds. The molecule has 0 radical (unpaired) electrons. The molecule has 0 heterocycles. The van der Waals surface area contributed by atoms with Gasteiger partial charge in [0, 0.05) is 0 Å². The Morgan fingerprint density at radius 3 is 1.88 bits per heavy atom. The summed E-state index contributed by atoms with van der Waals surface area (Å²) in [5, 5.41) is 10.3. The Morgan fingerprint density at radius 2 is 1.25 bits per heavy atom. The lowest BCUT2D eigenvalue weighted by molar-refractivity contribution is 0.0598. The largest absolute Gasteiger partial charge is 0.393 e. The van der Waals surface area contributed by atoms with Crippen LogP contribution in [0.3, 0.4) is 0 Å². The Bertz CT molecular complexity index is 176. The lowest BCUT2D eigenvalue weighted by Gasteiger charge is -2.29. The molecule has 2 saturated carbocycles. The summed E-state index contributed by atoms with van der Waals surface area (Å²) in [6.45, 7) is 0. The molecule has 2 fully saturated rings. The molecular formula is C15H28O. The van der Waals surface area contributed by atoms with E-state index in [2.05, 4.69) is 0 Å². The van der Waals surface area contributed by atoms with E-state index in [4.69, 9.17) is 0 Å². The highest BCUT2D eigenvalue weighted by Crippen LogP contribution is 2.32. The summed E-state index contributed by atoms with van der Waals surface area (Å²) in [4.78, 5) is 0. The number of aliphatic hydroxyl groups is 1. The van der Waals surface area contributed by atoms with Crippen LogP contribution >= 0.6 is 0 Å². The van der Waals surface area contributed by atoms with E-state index in [1.54, 1.807) is 0 Å². The summed E-state index contributed by atoms with van der Waals surface area (Å²) >= 11 is 0. The Labute approximate surface area is 101 Å². The summed E-state index contributed by atoms with van der Waals surface area (Å²) in [6, 6.07) is 0. The number of aliphatic hydroxyl groups excluding tert-OH is 1. The van der Waals surface area contributed by atoms with Crippen molar-refractivity contribution in [3.8, 4) is 0 Å². The van der Waals surface area contributed by atoms with Crippen LogP contribution in [0, 0.1) is 11.8 Å². The van der Waals surface area contributed by atoms with Crippen LogP contribution in [0.4, 0.5) is 0 Å². The lowest BCUT2D eigenvalue weighted by Crippen LogP contribution is -2.25. The van der Waals surface area contributed by atoms with E-state index < -0.39 is 0 Å². The van der Waals surface area contributed by atoms with Crippen LogP contribution in [0.5, 0.6) is 0 Å². The Morgan fingerprint density at radius 1 is 0.750 bits per heavy atom. The van der Waals surface area contributed by atoms with Crippen molar-refractivity contribution in [1.29, 1.82) is 0 Å². The second-order valence-corrected chi connectivity index (χ2v) is 6.06. The van der Waals surface area contributed by atoms with Crippen molar-refractivity contribution < 1.29 is 5.11 Å². The van der Waals surface area contributed by atoms with Crippen LogP contribution in [0.15, 0.2) is 0 Å². The smallest absolute Gasteiger partial charge is 0.0571 e. The van der Waals surface area contributed by atoms with Crippen LogP contribution in [0.25, 0.3) is 0 Å². The van der Waals surface area contributed by atoms with E-state index in [1.165, 1.54) is 70.6 Å². The predicted molar refractivity (Wildman–Crippen MR) is 68.4 cm³/mol. The maximum absolute atomic E-state index is 10.3. The van der Waals surface area contributed by atoms with E-state index in [0.29, 0.717) is 5.92 Å². The Balaban J connectivity index is 1.73. The fraction of sp³-hybridized carbons (Fsp3) is 1.00. The van der Waals surface area contributed by atoms with E-state index >= 15 is 0 Å². The predicted octanol–water partition coefficient (Wildman–Crippen LogP) is 4.29. The molecule has 2 aliphatic carbocycles. The zero-order valence-electron chi connectivity index (χ0n) is 10.7. The molecule has 2 rings (SSSR count). The Hall–Kier alpha value is -0.0400. The fourth-order valence-electron chi connectivity index (χ4n) is 3.65. The maximum atomic E-state index is 10.3. The molecule has 0 aromatic carbocycles. The topological polar surface area (TPSA) is 20.2 Å². The monoisotopic (exact) mass is 224 g/mol. The van der Waals surface area contributed by atoms with E-state index in [9.17, 15) is 5.11 Å². The first kappa shape index (κ1) is 12.4. The van der Waals surface area contributed by atoms with Crippen LogP contribution in [0.2, 0.25) is 0 Å². The van der Waals surface area contributed by atoms with Gasteiger partial charge in [-0.05, 0) is 31.1 Å². The van der Waals surface area contributed by atoms with Crippen LogP contribution in [-0.2, 0) is 0 Å². The van der Waals surface area contributed by atoms with Crippen molar-refractivity contribution in [2.75, 3.05) is 0 Å². The third-order valence-electron chi connectivity index (χ3n) is 4.74. The van der Waals surface area contributed by atoms with E-state index in [0.717, 1.165) is 12.3 Å². The molecule has 16 heavy (non-hydrogen) atoms. The maximum Gasteiger partial charge on any atom is 0.0571 e. The minimum absolute atomic E-state index is 0.0170. The minimum Gasteiger partial charge on any atom is -0.393 e. The van der Waals surface area contributed by atoms with Gasteiger partial charge in [-0.25, -0.2) is 0 Å². The average Bonchev–Trinajstić information content (AvgIpc) is 2.59. The first-order valence-corrected chi connectivity index (χ1v) is 7.54. The molecule has 0 aromatic rings. The molecule has 0 aliphatic heterocycles. The fourth-order valence-corrected chi connectivity index (χ4v) is 3.65. The highest BCUT2D eigenvalue weighted by Gasteiger charge is 2.24. The standard InChI is InChI=1S/C15H28O/c16-15(14-10-6-3-7-11-14)12-13-8-4-1-2-5-9-13/h13-16H,1-12H2. The first-order valence-electron chi connectivity index (χ1n) is 7.54. The van der Waals surface area contributed by atoms with Crippen molar-refractivity contribution in [2.24, 2.45) is 11.8 Å². The molecule has 0 saturated heterocycles. The normalized spacial score (nSPS) is 27.6. The summed E-state index contributed by atoms with van der Waals surface area (Å²) in [6.07, 6.45) is 16.2. The summed E-state index contributed by atoms with van der Waals surface area (Å²) in [5.41, 5.74) is 0. The van der Waals surface area contributed by atoms with Gasteiger partial charge in [0.25, 0.3) is 0 Å². The second kappa shape index (κ2) is 6.64. The van der Waals surface area contributed by atoms with E-state index in [-0.39, 0.29) is 6.10 Å². The van der Waals surface area contributed by atoms with E-state index in [1.807, 2.05) is 0 Å². The zero-order chi connectivity index (χ0) is 11.2. The summed E-state index contributed by atoms with van der Waals surface area (Å²) < 4.78 is 0. The third kappa shape index (κ3) is 3.76. The Kier molecular flexibility index (Phi) is 5.15. The van der Waals surface area contributed by atoms with Crippen molar-refractivity contribution in [2.45, 2.75) is 83.2 Å². The SMILES string of the molecule is OC(CC1CCCCCC1)C1CCCCC1. The van der Waals surface area contributed by atoms with Crippen LogP contribution < -0.4 is 0 Å². The van der Waals surface area contributed by atoms with Gasteiger partial charge in [-0.2, -0.15) is 0 Å². The molecule has 1 heteroatoms. The molecule has 94 valence electrons. The van der Waals surface area contributed by atoms with Crippen LogP contribution in [0.1, 0.15) is 77.0 Å². The van der Waals surface area contributed by atoms with Gasteiger partial charge in [-0.15, -0.1) is 0 Å². The number of hydrogen-bond donors (Lipinski definition) is 1. The van der Waals surface area contributed by atoms with Gasteiger partial charge in [0.2, 0.25) is 0 Å². The van der Waals surface area contributed by atoms with Crippen LogP contribution in [-0.4, -0.2) is 11.2 Å². The molecule has 1 nitrogen and oxygen atoms in total. The molecular weight excluding hydrogens is 196 g/mol. The van der Waals surface area contributed by atoms with Crippen molar-refractivity contribution in [3.63, 3.8) is 0 Å². The van der Waals surface area contributed by atoms with Crippen molar-refractivity contribution in [1.82, 2.24) is 0 Å². The molecule has 0 bridgehead atoms. The van der Waals surface area contributed by atoms with Gasteiger partial charge in [-0.3, -0.25) is 0 Å². The van der Waals surface area contributed by atoms with Gasteiger partial charge in [0.1, 0.15) is 0 Å². The second-order valence-electron chi connectivity index (χ2n) is 6.06. The molecule has 0 aromatic heterocycles. The molecule has 0 spiro atoms. The number of rotatable bonds is 3. The van der Waals surface area contributed by atoms with Crippen molar-refractivity contribution in [3.05, 3.63) is 0 Å². The summed E-state index contributed by atoms with van der Waals surface area (Å²) in [5.74, 6) is 1.47. The molecule has 1 atom stereocenters. The quantitative estimate of drug-likeness (QED) is 0.709. The molecule has 1 N–H and O–H groups in total. The van der Waals surface area contributed by atoms with Gasteiger partial charge in [-0.1, -0.05) is 57.8 Å². The number of hydrogen-bond acceptors (Lipinski definition) is 1. The third-order valence-corrected chi connectivity index (χ3v) is 4.74. The zero-order valence-corrected chi connectivity index (χ0v) is 10.7. The average molecular weight is 224 g/mol. The minimum atomic E-state index is 0.0170. The molecule has 2 aliphatic rings. The summed E-state index contributed by atoms with van der Waals surface area (Å²) in [7, 11) is 0. The van der Waals surface area contributed by atoms with Gasteiger partial charge < -0.3 is 5.11 Å².